The van der Waals surface area contributed by atoms with E-state index in [1.807, 2.05) is 6.92 Å². The van der Waals surface area contributed by atoms with Crippen LogP contribution in [0.4, 0.5) is 0 Å². The molecule has 2 N–H and O–H groups in total. The summed E-state index contributed by atoms with van der Waals surface area (Å²) in [6.45, 7) is 5.87. The third-order valence-corrected chi connectivity index (χ3v) is 4.86. The molecule has 0 spiro atoms. The number of halogens is 1. The quantitative estimate of drug-likeness (QED) is 0.734. The number of nitrogens with zero attached hydrogens (tertiary/aromatic N) is 1. The van der Waals surface area contributed by atoms with Crippen molar-refractivity contribution in [1.29, 1.82) is 0 Å². The van der Waals surface area contributed by atoms with Gasteiger partial charge in [0.15, 0.2) is 9.84 Å². The Morgan fingerprint density at radius 2 is 2.21 bits per heavy atom. The molecule has 2 atom stereocenters. The van der Waals surface area contributed by atoms with Gasteiger partial charge in [0.05, 0.1) is 11.5 Å². The van der Waals surface area contributed by atoms with Crippen LogP contribution < -0.4 is 5.73 Å². The lowest BCUT2D eigenvalue weighted by Gasteiger charge is -2.27. The van der Waals surface area contributed by atoms with Crippen LogP contribution in [0.2, 0.25) is 0 Å². The Balaban J connectivity index is 0.00000324. The Labute approximate surface area is 121 Å². The molecule has 7 heteroatoms. The average Bonchev–Trinajstić information content (AvgIpc) is 2.63. The molecule has 0 aromatic heterocycles. The van der Waals surface area contributed by atoms with Gasteiger partial charge in [-0.2, -0.15) is 0 Å². The summed E-state index contributed by atoms with van der Waals surface area (Å²) in [5.41, 5.74) is 5.62. The Hall–Kier alpha value is -0.590. The maximum atomic E-state index is 12.1. The fraction of sp³-hybridized carbons (Fsp3) is 0.750. The molecule has 112 valence electrons. The van der Waals surface area contributed by atoms with Crippen LogP contribution in [-0.2, 0) is 14.6 Å². The van der Waals surface area contributed by atoms with Gasteiger partial charge in [-0.25, -0.2) is 8.42 Å². The van der Waals surface area contributed by atoms with E-state index in [-0.39, 0.29) is 41.9 Å². The lowest BCUT2D eigenvalue weighted by Crippen LogP contribution is -2.41. The summed E-state index contributed by atoms with van der Waals surface area (Å²) in [5.74, 6) is 0.214. The summed E-state index contributed by atoms with van der Waals surface area (Å²) in [7, 11) is -2.98. The molecular formula is C12H23ClN2O3S. The number of sulfone groups is 1. The van der Waals surface area contributed by atoms with Crippen LogP contribution in [0.3, 0.4) is 0 Å². The molecule has 0 aliphatic carbocycles. The van der Waals surface area contributed by atoms with Crippen LogP contribution in [0.1, 0.15) is 26.2 Å². The molecule has 0 aromatic carbocycles. The number of rotatable bonds is 6. The van der Waals surface area contributed by atoms with Gasteiger partial charge in [0.2, 0.25) is 5.91 Å². The third kappa shape index (κ3) is 5.93. The minimum absolute atomic E-state index is 0. The first-order valence-corrected chi connectivity index (χ1v) is 8.04. The predicted molar refractivity (Wildman–Crippen MR) is 79.1 cm³/mol. The lowest BCUT2D eigenvalue weighted by atomic mass is 10.1. The summed E-state index contributed by atoms with van der Waals surface area (Å²) < 4.78 is 22.9. The van der Waals surface area contributed by atoms with Gasteiger partial charge in [0.25, 0.3) is 0 Å². The van der Waals surface area contributed by atoms with Crippen molar-refractivity contribution >= 4 is 28.2 Å². The number of carbonyl (C=O) groups is 1. The predicted octanol–water partition coefficient (Wildman–Crippen LogP) is 0.737. The first kappa shape index (κ1) is 18.4. The zero-order chi connectivity index (χ0) is 13.8. The first-order chi connectivity index (χ1) is 8.35. The van der Waals surface area contributed by atoms with Gasteiger partial charge in [-0.1, -0.05) is 6.08 Å². The van der Waals surface area contributed by atoms with Gasteiger partial charge in [0.1, 0.15) is 0 Å². The van der Waals surface area contributed by atoms with Crippen LogP contribution >= 0.6 is 12.4 Å². The molecule has 2 unspecified atom stereocenters. The molecule has 0 saturated carbocycles. The van der Waals surface area contributed by atoms with Gasteiger partial charge in [0, 0.05) is 25.0 Å². The van der Waals surface area contributed by atoms with E-state index in [4.69, 9.17) is 5.73 Å². The van der Waals surface area contributed by atoms with E-state index in [2.05, 4.69) is 6.58 Å². The summed E-state index contributed by atoms with van der Waals surface area (Å²) in [6.07, 6.45) is 3.14. The normalized spacial score (nSPS) is 22.3. The molecule has 1 fully saturated rings. The highest BCUT2D eigenvalue weighted by Crippen LogP contribution is 2.19. The highest BCUT2D eigenvalue weighted by atomic mass is 35.5. The van der Waals surface area contributed by atoms with Crippen molar-refractivity contribution < 1.29 is 13.2 Å². The van der Waals surface area contributed by atoms with Gasteiger partial charge < -0.3 is 10.6 Å². The van der Waals surface area contributed by atoms with Crippen LogP contribution in [0.25, 0.3) is 0 Å². The highest BCUT2D eigenvalue weighted by Gasteiger charge is 2.33. The zero-order valence-electron chi connectivity index (χ0n) is 11.2. The van der Waals surface area contributed by atoms with Crippen molar-refractivity contribution in [3.63, 3.8) is 0 Å². The lowest BCUT2D eigenvalue weighted by molar-refractivity contribution is -0.132. The van der Waals surface area contributed by atoms with Gasteiger partial charge in [-0.15, -0.1) is 19.0 Å². The third-order valence-electron chi connectivity index (χ3n) is 3.11. The molecule has 1 heterocycles. The number of nitrogens with two attached hydrogens (primary N) is 1. The number of hydrogen-bond acceptors (Lipinski definition) is 4. The fourth-order valence-electron chi connectivity index (χ4n) is 2.11. The van der Waals surface area contributed by atoms with Crippen LogP contribution in [-0.4, -0.2) is 49.4 Å². The molecule has 1 rings (SSSR count). The molecule has 1 aliphatic heterocycles. The molecule has 5 nitrogen and oxygen atoms in total. The molecular weight excluding hydrogens is 288 g/mol. The van der Waals surface area contributed by atoms with E-state index in [1.54, 1.807) is 11.0 Å². The van der Waals surface area contributed by atoms with E-state index in [0.717, 1.165) is 0 Å². The summed E-state index contributed by atoms with van der Waals surface area (Å²) in [6, 6.07) is -0.222. The monoisotopic (exact) mass is 310 g/mol. The number of carbonyl (C=O) groups excluding carboxylic acids is 1. The summed E-state index contributed by atoms with van der Waals surface area (Å²) in [4.78, 5) is 13.7. The van der Waals surface area contributed by atoms with Crippen molar-refractivity contribution in [3.05, 3.63) is 12.7 Å². The maximum Gasteiger partial charge on any atom is 0.223 e. The van der Waals surface area contributed by atoms with E-state index in [1.165, 1.54) is 0 Å². The van der Waals surface area contributed by atoms with E-state index in [9.17, 15) is 13.2 Å². The van der Waals surface area contributed by atoms with Crippen molar-refractivity contribution in [2.75, 3.05) is 18.1 Å². The topological polar surface area (TPSA) is 80.5 Å². The van der Waals surface area contributed by atoms with Crippen molar-refractivity contribution in [2.45, 2.75) is 38.3 Å². The second-order valence-electron chi connectivity index (χ2n) is 4.91. The average molecular weight is 311 g/mol. The van der Waals surface area contributed by atoms with Crippen molar-refractivity contribution in [3.8, 4) is 0 Å². The number of amides is 1. The summed E-state index contributed by atoms with van der Waals surface area (Å²) >= 11 is 0. The van der Waals surface area contributed by atoms with Crippen LogP contribution in [0.5, 0.6) is 0 Å². The number of hydrogen-bond donors (Lipinski definition) is 1. The minimum atomic E-state index is -2.98. The van der Waals surface area contributed by atoms with Crippen molar-refractivity contribution in [2.24, 2.45) is 5.73 Å². The van der Waals surface area contributed by atoms with Crippen molar-refractivity contribution in [1.82, 2.24) is 4.90 Å². The van der Waals surface area contributed by atoms with E-state index < -0.39 is 9.84 Å². The Morgan fingerprint density at radius 3 is 2.63 bits per heavy atom. The minimum Gasteiger partial charge on any atom is -0.335 e. The van der Waals surface area contributed by atoms with E-state index >= 15 is 0 Å². The molecule has 1 amide bonds. The zero-order valence-corrected chi connectivity index (χ0v) is 12.9. The molecule has 0 bridgehead atoms. The second kappa shape index (κ2) is 7.87. The molecule has 0 aromatic rings. The van der Waals surface area contributed by atoms with Gasteiger partial charge in [-0.3, -0.25) is 4.79 Å². The fourth-order valence-corrected chi connectivity index (χ4v) is 3.84. The Kier molecular flexibility index (Phi) is 7.62. The maximum absolute atomic E-state index is 12.1. The second-order valence-corrected chi connectivity index (χ2v) is 7.14. The first-order valence-electron chi connectivity index (χ1n) is 6.22. The van der Waals surface area contributed by atoms with E-state index in [0.29, 0.717) is 25.8 Å². The molecule has 1 saturated heterocycles. The van der Waals surface area contributed by atoms with Crippen LogP contribution in [0, 0.1) is 0 Å². The molecule has 19 heavy (non-hydrogen) atoms. The molecule has 0 radical (unpaired) electrons. The highest BCUT2D eigenvalue weighted by molar-refractivity contribution is 7.91. The Bertz CT molecular complexity index is 409. The Morgan fingerprint density at radius 1 is 1.58 bits per heavy atom. The van der Waals surface area contributed by atoms with Gasteiger partial charge >= 0.3 is 0 Å². The smallest absolute Gasteiger partial charge is 0.223 e. The van der Waals surface area contributed by atoms with Crippen LogP contribution in [0.15, 0.2) is 12.7 Å². The SMILES string of the molecule is C=CCN(C(=O)CCC(C)N)C1CCS(=O)(=O)C1.Cl. The summed E-state index contributed by atoms with van der Waals surface area (Å²) in [5, 5.41) is 0. The standard InChI is InChI=1S/C12H22N2O3S.ClH/c1-3-7-14(12(15)5-4-10(2)13)11-6-8-18(16,17)9-11;/h3,10-11H,1,4-9,13H2,2H3;1H. The van der Waals surface area contributed by atoms with Gasteiger partial charge in [-0.05, 0) is 19.8 Å². The largest absolute Gasteiger partial charge is 0.335 e. The molecule has 1 aliphatic rings.